The summed E-state index contributed by atoms with van der Waals surface area (Å²) < 4.78 is 29.1. The largest absolute Gasteiger partial charge is 0.333 e. The van der Waals surface area contributed by atoms with E-state index in [-0.39, 0.29) is 5.03 Å². The van der Waals surface area contributed by atoms with Crippen LogP contribution in [0.4, 0.5) is 0 Å². The van der Waals surface area contributed by atoms with E-state index in [1.807, 2.05) is 4.57 Å². The summed E-state index contributed by atoms with van der Waals surface area (Å²) in [6, 6.07) is 0. The highest BCUT2D eigenvalue weighted by Gasteiger charge is 2.32. The third-order valence-electron chi connectivity index (χ3n) is 4.55. The molecule has 0 amide bonds. The van der Waals surface area contributed by atoms with E-state index < -0.39 is 10.0 Å². The first-order valence-corrected chi connectivity index (χ1v) is 9.31. The Labute approximate surface area is 126 Å². The molecule has 0 bridgehead atoms. The van der Waals surface area contributed by atoms with Crippen molar-refractivity contribution in [2.75, 3.05) is 19.6 Å². The van der Waals surface area contributed by atoms with Crippen molar-refractivity contribution in [2.24, 2.45) is 11.7 Å². The fourth-order valence-electron chi connectivity index (χ4n) is 3.36. The number of rotatable bonds is 4. The normalized spacial score (nSPS) is 24.0. The Kier molecular flexibility index (Phi) is 4.33. The Morgan fingerprint density at radius 2 is 2.14 bits per heavy atom. The van der Waals surface area contributed by atoms with Gasteiger partial charge in [0.05, 0.1) is 0 Å². The van der Waals surface area contributed by atoms with Gasteiger partial charge in [-0.3, -0.25) is 0 Å². The second kappa shape index (κ2) is 6.06. The lowest BCUT2D eigenvalue weighted by molar-refractivity contribution is 0.257. The first-order chi connectivity index (χ1) is 10.1. The summed E-state index contributed by atoms with van der Waals surface area (Å²) in [6.45, 7) is 2.69. The van der Waals surface area contributed by atoms with Gasteiger partial charge < -0.3 is 10.3 Å². The van der Waals surface area contributed by atoms with E-state index in [4.69, 9.17) is 5.73 Å². The van der Waals surface area contributed by atoms with Crippen molar-refractivity contribution in [1.29, 1.82) is 0 Å². The van der Waals surface area contributed by atoms with Crippen molar-refractivity contribution in [3.63, 3.8) is 0 Å². The zero-order valence-corrected chi connectivity index (χ0v) is 13.2. The van der Waals surface area contributed by atoms with Gasteiger partial charge in [0.15, 0.2) is 5.03 Å². The van der Waals surface area contributed by atoms with Crippen LogP contribution in [-0.4, -0.2) is 41.9 Å². The van der Waals surface area contributed by atoms with Gasteiger partial charge in [-0.1, -0.05) is 0 Å². The number of nitrogens with two attached hydrogens (primary N) is 1. The summed E-state index contributed by atoms with van der Waals surface area (Å²) in [5.41, 5.74) is 5.61. The maximum absolute atomic E-state index is 12.8. The van der Waals surface area contributed by atoms with Gasteiger partial charge in [-0.2, -0.15) is 4.31 Å². The number of hydrogen-bond donors (Lipinski definition) is 1. The van der Waals surface area contributed by atoms with Gasteiger partial charge >= 0.3 is 0 Å². The van der Waals surface area contributed by atoms with Crippen LogP contribution < -0.4 is 5.73 Å². The smallest absolute Gasteiger partial charge is 0.262 e. The van der Waals surface area contributed by atoms with Crippen LogP contribution in [0, 0.1) is 5.92 Å². The van der Waals surface area contributed by atoms with Crippen molar-refractivity contribution >= 4 is 10.0 Å². The van der Waals surface area contributed by atoms with E-state index in [9.17, 15) is 8.42 Å². The van der Waals surface area contributed by atoms with Gasteiger partial charge in [0.2, 0.25) is 0 Å². The molecule has 0 radical (unpaired) electrons. The van der Waals surface area contributed by atoms with Crippen LogP contribution in [0.2, 0.25) is 0 Å². The van der Waals surface area contributed by atoms with E-state index >= 15 is 0 Å². The van der Waals surface area contributed by atoms with E-state index in [0.29, 0.717) is 25.6 Å². The molecule has 1 aromatic heterocycles. The average Bonchev–Trinajstić information content (AvgIpc) is 2.92. The minimum absolute atomic E-state index is 0.229. The predicted molar refractivity (Wildman–Crippen MR) is 80.3 cm³/mol. The number of fused-ring (bicyclic) bond motifs is 1. The van der Waals surface area contributed by atoms with E-state index in [1.54, 1.807) is 10.5 Å². The molecule has 0 saturated carbocycles. The second-order valence-electron chi connectivity index (χ2n) is 6.09. The highest BCUT2D eigenvalue weighted by Crippen LogP contribution is 2.26. The van der Waals surface area contributed by atoms with Crippen LogP contribution in [0.1, 0.15) is 37.9 Å². The number of hydrogen-bond acceptors (Lipinski definition) is 4. The minimum atomic E-state index is -3.45. The van der Waals surface area contributed by atoms with Crippen LogP contribution in [-0.2, 0) is 23.0 Å². The molecule has 0 aromatic carbocycles. The number of imidazole rings is 1. The van der Waals surface area contributed by atoms with Crippen LogP contribution in [0.15, 0.2) is 11.2 Å². The fourth-order valence-corrected chi connectivity index (χ4v) is 4.88. The topological polar surface area (TPSA) is 81.2 Å². The summed E-state index contributed by atoms with van der Waals surface area (Å²) in [4.78, 5) is 4.38. The number of aryl methyl sites for hydroxylation is 2. The molecule has 1 unspecified atom stereocenters. The molecular formula is C14H24N4O2S. The highest BCUT2D eigenvalue weighted by atomic mass is 32.2. The number of nitrogens with zero attached hydrogens (tertiary/aromatic N) is 3. The predicted octanol–water partition coefficient (Wildman–Crippen LogP) is 0.969. The quantitative estimate of drug-likeness (QED) is 0.898. The lowest BCUT2D eigenvalue weighted by Gasteiger charge is -2.31. The second-order valence-corrected chi connectivity index (χ2v) is 7.98. The average molecular weight is 312 g/mol. The standard InChI is InChI=1S/C14H24N4O2S/c15-7-6-12-4-3-9-18(10-12)21(19,20)14-11-17-8-2-1-5-13(17)16-14/h11-12H,1-10,15H2. The summed E-state index contributed by atoms with van der Waals surface area (Å²) in [6.07, 6.45) is 7.68. The van der Waals surface area contributed by atoms with Crippen LogP contribution in [0.5, 0.6) is 0 Å². The number of piperidine rings is 1. The fraction of sp³-hybridized carbons (Fsp3) is 0.786. The van der Waals surface area contributed by atoms with E-state index in [1.165, 1.54) is 0 Å². The molecule has 1 aromatic rings. The molecule has 3 rings (SSSR count). The first kappa shape index (κ1) is 15.0. The molecule has 1 atom stereocenters. The molecule has 21 heavy (non-hydrogen) atoms. The van der Waals surface area contributed by atoms with Gasteiger partial charge in [0.25, 0.3) is 10.0 Å². The Bertz CT molecular complexity index is 571. The molecule has 1 fully saturated rings. The molecule has 0 aliphatic carbocycles. The van der Waals surface area contributed by atoms with Crippen LogP contribution in [0.25, 0.3) is 0 Å². The Morgan fingerprint density at radius 1 is 1.29 bits per heavy atom. The lowest BCUT2D eigenvalue weighted by atomic mass is 9.96. The molecule has 7 heteroatoms. The van der Waals surface area contributed by atoms with Crippen molar-refractivity contribution in [1.82, 2.24) is 13.9 Å². The molecule has 3 heterocycles. The number of sulfonamides is 1. The maximum Gasteiger partial charge on any atom is 0.262 e. The van der Waals surface area contributed by atoms with Gasteiger partial charge in [-0.25, -0.2) is 13.4 Å². The molecule has 0 spiro atoms. The van der Waals surface area contributed by atoms with Gasteiger partial charge in [-0.05, 0) is 44.6 Å². The first-order valence-electron chi connectivity index (χ1n) is 7.87. The highest BCUT2D eigenvalue weighted by molar-refractivity contribution is 7.89. The van der Waals surface area contributed by atoms with Crippen LogP contribution >= 0.6 is 0 Å². The van der Waals surface area contributed by atoms with E-state index in [0.717, 1.165) is 50.9 Å². The molecule has 2 N–H and O–H groups in total. The molecular weight excluding hydrogens is 288 g/mol. The van der Waals surface area contributed by atoms with Crippen molar-refractivity contribution in [2.45, 2.75) is 50.1 Å². The SMILES string of the molecule is NCCC1CCCN(S(=O)(=O)c2cn3c(n2)CCCC3)C1. The third-order valence-corrected chi connectivity index (χ3v) is 6.28. The van der Waals surface area contributed by atoms with Crippen molar-refractivity contribution < 1.29 is 8.42 Å². The zero-order valence-electron chi connectivity index (χ0n) is 12.4. The Hall–Kier alpha value is -0.920. The van der Waals surface area contributed by atoms with Crippen molar-refractivity contribution in [3.8, 4) is 0 Å². The minimum Gasteiger partial charge on any atom is -0.333 e. The zero-order chi connectivity index (χ0) is 14.9. The third kappa shape index (κ3) is 3.00. The summed E-state index contributed by atoms with van der Waals surface area (Å²) >= 11 is 0. The van der Waals surface area contributed by atoms with Gasteiger partial charge in [0.1, 0.15) is 5.82 Å². The van der Waals surface area contributed by atoms with Crippen LogP contribution in [0.3, 0.4) is 0 Å². The molecule has 2 aliphatic heterocycles. The summed E-state index contributed by atoms with van der Waals surface area (Å²) in [5, 5.41) is 0.229. The van der Waals surface area contributed by atoms with E-state index in [2.05, 4.69) is 4.98 Å². The summed E-state index contributed by atoms with van der Waals surface area (Å²) in [5.74, 6) is 1.30. The van der Waals surface area contributed by atoms with Gasteiger partial charge in [0, 0.05) is 32.3 Å². The Morgan fingerprint density at radius 3 is 2.90 bits per heavy atom. The molecule has 1 saturated heterocycles. The molecule has 118 valence electrons. The van der Waals surface area contributed by atoms with Crippen molar-refractivity contribution in [3.05, 3.63) is 12.0 Å². The summed E-state index contributed by atoms with van der Waals surface area (Å²) in [7, 11) is -3.45. The maximum atomic E-state index is 12.8. The monoisotopic (exact) mass is 312 g/mol. The molecule has 2 aliphatic rings. The van der Waals surface area contributed by atoms with Gasteiger partial charge in [-0.15, -0.1) is 0 Å². The lowest BCUT2D eigenvalue weighted by Crippen LogP contribution is -2.40. The number of aromatic nitrogens is 2. The molecule has 6 nitrogen and oxygen atoms in total. The Balaban J connectivity index is 1.81.